The highest BCUT2D eigenvalue weighted by molar-refractivity contribution is 8.14. The van der Waals surface area contributed by atoms with Crippen molar-refractivity contribution >= 4 is 31.3 Å². The highest BCUT2D eigenvalue weighted by Gasteiger charge is 2.34. The predicted octanol–water partition coefficient (Wildman–Crippen LogP) is 2.86. The van der Waals surface area contributed by atoms with E-state index in [0.717, 1.165) is 5.56 Å². The van der Waals surface area contributed by atoms with Gasteiger partial charge in [0.2, 0.25) is 9.05 Å². The molecule has 1 heterocycles. The van der Waals surface area contributed by atoms with Gasteiger partial charge in [-0.15, -0.1) is 0 Å². The Labute approximate surface area is 116 Å². The van der Waals surface area contributed by atoms with E-state index in [1.54, 1.807) is 6.07 Å². The number of hydrogen-bond acceptors (Lipinski definition) is 3. The fraction of sp³-hybridized carbons (Fsp3) is 0.500. The average molecular weight is 309 g/mol. The van der Waals surface area contributed by atoms with E-state index < -0.39 is 14.3 Å². The zero-order chi connectivity index (χ0) is 13.2. The third kappa shape index (κ3) is 3.60. The predicted molar refractivity (Wildman–Crippen MR) is 72.6 cm³/mol. The van der Waals surface area contributed by atoms with Crippen LogP contribution in [0.15, 0.2) is 24.3 Å². The molecule has 0 unspecified atom stereocenters. The fourth-order valence-electron chi connectivity index (χ4n) is 2.30. The summed E-state index contributed by atoms with van der Waals surface area (Å²) in [5, 5.41) is 0.112. The Morgan fingerprint density at radius 2 is 2.17 bits per heavy atom. The van der Waals surface area contributed by atoms with Gasteiger partial charge >= 0.3 is 0 Å². The molecule has 100 valence electrons. The van der Waals surface area contributed by atoms with Crippen molar-refractivity contribution in [3.8, 4) is 0 Å². The summed E-state index contributed by atoms with van der Waals surface area (Å²) in [4.78, 5) is 0. The molecule has 0 bridgehead atoms. The monoisotopic (exact) mass is 308 g/mol. The van der Waals surface area contributed by atoms with Crippen LogP contribution in [0.3, 0.4) is 0 Å². The van der Waals surface area contributed by atoms with Crippen LogP contribution in [0.5, 0.6) is 0 Å². The molecule has 6 heteroatoms. The topological polar surface area (TPSA) is 43.4 Å². The summed E-state index contributed by atoms with van der Waals surface area (Å²) in [5.74, 6) is -0.111. The number of rotatable bonds is 3. The fourth-order valence-corrected chi connectivity index (χ4v) is 4.23. The molecule has 0 N–H and O–H groups in total. The van der Waals surface area contributed by atoms with Crippen LogP contribution in [0.25, 0.3) is 0 Å². The van der Waals surface area contributed by atoms with E-state index in [1.807, 2.05) is 18.2 Å². The summed E-state index contributed by atoms with van der Waals surface area (Å²) < 4.78 is 28.4. The first kappa shape index (κ1) is 14.1. The molecule has 0 amide bonds. The third-order valence-corrected chi connectivity index (χ3v) is 5.42. The van der Waals surface area contributed by atoms with Crippen LogP contribution >= 0.6 is 22.3 Å². The van der Waals surface area contributed by atoms with Crippen LogP contribution < -0.4 is 0 Å². The van der Waals surface area contributed by atoms with Crippen molar-refractivity contribution < 1.29 is 13.2 Å². The lowest BCUT2D eigenvalue weighted by Gasteiger charge is -2.29. The van der Waals surface area contributed by atoms with E-state index in [1.165, 1.54) is 0 Å². The molecule has 1 aliphatic rings. The first-order valence-corrected chi connectivity index (χ1v) is 8.47. The van der Waals surface area contributed by atoms with Gasteiger partial charge in [0.1, 0.15) is 0 Å². The van der Waals surface area contributed by atoms with Crippen molar-refractivity contribution in [2.75, 3.05) is 13.2 Å². The van der Waals surface area contributed by atoms with E-state index in [-0.39, 0.29) is 5.92 Å². The van der Waals surface area contributed by atoms with E-state index in [0.29, 0.717) is 31.1 Å². The SMILES string of the molecule is O=S(=O)(Cl)[C@H]1CCOC[C@H]1Cc1cccc(Cl)c1. The molecular formula is C12H14Cl2O3S. The molecular weight excluding hydrogens is 295 g/mol. The Morgan fingerprint density at radius 3 is 2.83 bits per heavy atom. The molecule has 18 heavy (non-hydrogen) atoms. The lowest BCUT2D eigenvalue weighted by atomic mass is 9.94. The quantitative estimate of drug-likeness (QED) is 0.806. The molecule has 1 aromatic rings. The molecule has 1 aliphatic heterocycles. The minimum Gasteiger partial charge on any atom is -0.381 e. The molecule has 2 atom stereocenters. The largest absolute Gasteiger partial charge is 0.381 e. The summed E-state index contributed by atoms with van der Waals surface area (Å²) in [6.07, 6.45) is 1.06. The highest BCUT2D eigenvalue weighted by Crippen LogP contribution is 2.28. The molecule has 1 aromatic carbocycles. The lowest BCUT2D eigenvalue weighted by Crippen LogP contribution is -2.37. The van der Waals surface area contributed by atoms with Crippen molar-refractivity contribution in [1.29, 1.82) is 0 Å². The van der Waals surface area contributed by atoms with Crippen molar-refractivity contribution in [2.24, 2.45) is 5.92 Å². The van der Waals surface area contributed by atoms with Gasteiger partial charge in [-0.3, -0.25) is 0 Å². The smallest absolute Gasteiger partial charge is 0.235 e. The van der Waals surface area contributed by atoms with Crippen LogP contribution in [0, 0.1) is 5.92 Å². The summed E-state index contributed by atoms with van der Waals surface area (Å²) in [6.45, 7) is 0.867. The van der Waals surface area contributed by atoms with Gasteiger partial charge in [-0.1, -0.05) is 23.7 Å². The lowest BCUT2D eigenvalue weighted by molar-refractivity contribution is 0.0577. The zero-order valence-electron chi connectivity index (χ0n) is 9.68. The summed E-state index contributed by atoms with van der Waals surface area (Å²) >= 11 is 5.91. The third-order valence-electron chi connectivity index (χ3n) is 3.15. The van der Waals surface area contributed by atoms with Gasteiger partial charge in [0.15, 0.2) is 0 Å². The molecule has 0 saturated carbocycles. The summed E-state index contributed by atoms with van der Waals surface area (Å²) in [7, 11) is 1.95. The minimum atomic E-state index is -3.55. The maximum atomic E-state index is 11.5. The van der Waals surface area contributed by atoms with Gasteiger partial charge in [-0.05, 0) is 30.5 Å². The molecule has 0 spiro atoms. The second kappa shape index (κ2) is 5.78. The number of halogens is 2. The molecule has 3 nitrogen and oxygen atoms in total. The van der Waals surface area contributed by atoms with Gasteiger partial charge in [0.05, 0.1) is 11.9 Å². The summed E-state index contributed by atoms with van der Waals surface area (Å²) in [5.41, 5.74) is 1.00. The Kier molecular flexibility index (Phi) is 4.54. The molecule has 2 rings (SSSR count). The molecule has 0 aromatic heterocycles. The first-order valence-electron chi connectivity index (χ1n) is 5.72. The Balaban J connectivity index is 2.15. The van der Waals surface area contributed by atoms with Crippen molar-refractivity contribution in [2.45, 2.75) is 18.1 Å². The van der Waals surface area contributed by atoms with Gasteiger partial charge < -0.3 is 4.74 Å². The van der Waals surface area contributed by atoms with Gasteiger partial charge in [0, 0.05) is 28.2 Å². The van der Waals surface area contributed by atoms with Crippen molar-refractivity contribution in [3.63, 3.8) is 0 Å². The van der Waals surface area contributed by atoms with Crippen LogP contribution in [-0.4, -0.2) is 26.9 Å². The van der Waals surface area contributed by atoms with Crippen molar-refractivity contribution in [1.82, 2.24) is 0 Å². The van der Waals surface area contributed by atoms with Crippen LogP contribution in [0.2, 0.25) is 5.02 Å². The Hall–Kier alpha value is -0.290. The maximum Gasteiger partial charge on any atom is 0.235 e. The van der Waals surface area contributed by atoms with E-state index in [9.17, 15) is 8.42 Å². The van der Waals surface area contributed by atoms with E-state index >= 15 is 0 Å². The average Bonchev–Trinajstić information content (AvgIpc) is 2.28. The zero-order valence-corrected chi connectivity index (χ0v) is 12.0. The van der Waals surface area contributed by atoms with E-state index in [2.05, 4.69) is 0 Å². The van der Waals surface area contributed by atoms with Crippen LogP contribution in [0.4, 0.5) is 0 Å². The van der Waals surface area contributed by atoms with Gasteiger partial charge in [-0.25, -0.2) is 8.42 Å². The van der Waals surface area contributed by atoms with Gasteiger partial charge in [-0.2, -0.15) is 0 Å². The Morgan fingerprint density at radius 1 is 1.39 bits per heavy atom. The standard InChI is InChI=1S/C12H14Cl2O3S/c13-11-3-1-2-9(7-11)6-10-8-17-5-4-12(10)18(14,15)16/h1-3,7,10,12H,4-6,8H2/t10-,12+/m1/s1. The molecule has 0 radical (unpaired) electrons. The minimum absolute atomic E-state index is 0.111. The second-order valence-corrected chi connectivity index (χ2v) is 7.76. The van der Waals surface area contributed by atoms with Crippen LogP contribution in [0.1, 0.15) is 12.0 Å². The highest BCUT2D eigenvalue weighted by atomic mass is 35.7. The van der Waals surface area contributed by atoms with Gasteiger partial charge in [0.25, 0.3) is 0 Å². The van der Waals surface area contributed by atoms with Crippen LogP contribution in [-0.2, 0) is 20.2 Å². The molecule has 1 fully saturated rings. The van der Waals surface area contributed by atoms with Crippen molar-refractivity contribution in [3.05, 3.63) is 34.9 Å². The molecule has 1 saturated heterocycles. The Bertz CT molecular complexity index is 516. The number of ether oxygens (including phenoxy) is 1. The molecule has 0 aliphatic carbocycles. The number of hydrogen-bond donors (Lipinski definition) is 0. The van der Waals surface area contributed by atoms with E-state index in [4.69, 9.17) is 27.0 Å². The summed E-state index contributed by atoms with van der Waals surface area (Å²) in [6, 6.07) is 7.41. The normalized spacial score (nSPS) is 25.0. The maximum absolute atomic E-state index is 11.5. The first-order chi connectivity index (χ1) is 8.47. The second-order valence-electron chi connectivity index (χ2n) is 4.47. The number of benzene rings is 1.